The predicted molar refractivity (Wildman–Crippen MR) is 84.0 cm³/mol. The largest absolute Gasteiger partial charge is 0.316 e. The number of thioether (sulfide) groups is 1. The maximum Gasteiger partial charge on any atom is 0.0964 e. The van der Waals surface area contributed by atoms with Gasteiger partial charge in [0.05, 0.1) is 10.0 Å². The van der Waals surface area contributed by atoms with E-state index in [4.69, 9.17) is 11.6 Å². The average molecular weight is 299 g/mol. The van der Waals surface area contributed by atoms with Crippen molar-refractivity contribution in [2.75, 3.05) is 7.05 Å². The molecule has 2 nitrogen and oxygen atoms in total. The molecule has 1 N–H and O–H groups in total. The van der Waals surface area contributed by atoms with E-state index in [1.54, 1.807) is 6.20 Å². The second-order valence-electron chi connectivity index (χ2n) is 5.33. The van der Waals surface area contributed by atoms with Crippen molar-refractivity contribution in [2.45, 2.75) is 55.3 Å². The topological polar surface area (TPSA) is 24.9 Å². The lowest BCUT2D eigenvalue weighted by molar-refractivity contribution is 0.295. The van der Waals surface area contributed by atoms with Gasteiger partial charge in [-0.25, -0.2) is 4.98 Å². The molecule has 1 aromatic rings. The smallest absolute Gasteiger partial charge is 0.0964 e. The summed E-state index contributed by atoms with van der Waals surface area (Å²) in [7, 11) is 2.08. The van der Waals surface area contributed by atoms with Crippen LogP contribution in [0.4, 0.5) is 0 Å². The molecule has 2 rings (SSSR count). The summed E-state index contributed by atoms with van der Waals surface area (Å²) in [5.41, 5.74) is 0. The summed E-state index contributed by atoms with van der Waals surface area (Å²) in [5.74, 6) is 0.888. The number of nitrogens with one attached hydrogen (secondary N) is 1. The first-order valence-electron chi connectivity index (χ1n) is 7.18. The van der Waals surface area contributed by atoms with Crippen molar-refractivity contribution < 1.29 is 0 Å². The van der Waals surface area contributed by atoms with Crippen molar-refractivity contribution in [1.29, 1.82) is 0 Å². The summed E-state index contributed by atoms with van der Waals surface area (Å²) in [6, 6.07) is 4.57. The molecule has 1 aliphatic rings. The normalized spacial score (nSPS) is 27.4. The Kier molecular flexibility index (Phi) is 5.99. The summed E-state index contributed by atoms with van der Waals surface area (Å²) in [6.45, 7) is 2.28. The Bertz CT molecular complexity index is 382. The third-order valence-electron chi connectivity index (χ3n) is 3.94. The van der Waals surface area contributed by atoms with Gasteiger partial charge in [0.2, 0.25) is 0 Å². The number of aromatic nitrogens is 1. The minimum absolute atomic E-state index is 0.607. The SMILES string of the molecule is CCCC1CCC(NC)C(Sc2ccc(Cl)cn2)C1. The van der Waals surface area contributed by atoms with Crippen molar-refractivity contribution in [3.8, 4) is 0 Å². The van der Waals surface area contributed by atoms with Crippen molar-refractivity contribution in [3.63, 3.8) is 0 Å². The first-order chi connectivity index (χ1) is 9.22. The average Bonchev–Trinajstić information content (AvgIpc) is 2.42. The predicted octanol–water partition coefficient (Wildman–Crippen LogP) is 4.38. The van der Waals surface area contributed by atoms with E-state index in [0.717, 1.165) is 10.9 Å². The second kappa shape index (κ2) is 7.51. The number of halogens is 1. The van der Waals surface area contributed by atoms with E-state index < -0.39 is 0 Å². The molecular weight excluding hydrogens is 276 g/mol. The molecule has 3 unspecified atom stereocenters. The molecule has 1 saturated carbocycles. The third-order valence-corrected chi connectivity index (χ3v) is 5.47. The fraction of sp³-hybridized carbons (Fsp3) is 0.667. The highest BCUT2D eigenvalue weighted by Crippen LogP contribution is 2.37. The van der Waals surface area contributed by atoms with Crippen LogP contribution in [-0.2, 0) is 0 Å². The lowest BCUT2D eigenvalue weighted by Crippen LogP contribution is -2.40. The molecule has 0 bridgehead atoms. The molecule has 0 saturated heterocycles. The van der Waals surface area contributed by atoms with Crippen LogP contribution in [0.2, 0.25) is 5.02 Å². The number of hydrogen-bond acceptors (Lipinski definition) is 3. The molecule has 0 aliphatic heterocycles. The van der Waals surface area contributed by atoms with Crippen LogP contribution >= 0.6 is 23.4 Å². The molecule has 106 valence electrons. The number of pyridine rings is 1. The number of rotatable bonds is 5. The van der Waals surface area contributed by atoms with Crippen LogP contribution in [0, 0.1) is 5.92 Å². The monoisotopic (exact) mass is 298 g/mol. The van der Waals surface area contributed by atoms with Crippen molar-refractivity contribution in [3.05, 3.63) is 23.4 Å². The Morgan fingerprint density at radius 2 is 2.26 bits per heavy atom. The fourth-order valence-electron chi connectivity index (χ4n) is 2.93. The summed E-state index contributed by atoms with van der Waals surface area (Å²) in [6.07, 6.45) is 8.35. The highest BCUT2D eigenvalue weighted by molar-refractivity contribution is 7.99. The first kappa shape index (κ1) is 15.1. The van der Waals surface area contributed by atoms with Gasteiger partial charge in [-0.1, -0.05) is 31.4 Å². The van der Waals surface area contributed by atoms with Crippen LogP contribution in [0.3, 0.4) is 0 Å². The van der Waals surface area contributed by atoms with Crippen LogP contribution in [0.5, 0.6) is 0 Å². The molecule has 0 radical (unpaired) electrons. The molecule has 0 aromatic carbocycles. The Balaban J connectivity index is 1.99. The Labute approximate surface area is 125 Å². The lowest BCUT2D eigenvalue weighted by Gasteiger charge is -2.35. The number of nitrogens with zero attached hydrogens (tertiary/aromatic N) is 1. The van der Waals surface area contributed by atoms with Gasteiger partial charge in [0.25, 0.3) is 0 Å². The summed E-state index contributed by atoms with van der Waals surface area (Å²) in [5, 5.41) is 5.90. The Morgan fingerprint density at radius 3 is 2.89 bits per heavy atom. The molecule has 0 spiro atoms. The fourth-order valence-corrected chi connectivity index (χ4v) is 4.42. The van der Waals surface area contributed by atoms with Gasteiger partial charge in [0.15, 0.2) is 0 Å². The van der Waals surface area contributed by atoms with Gasteiger partial charge in [0.1, 0.15) is 0 Å². The zero-order valence-corrected chi connectivity index (χ0v) is 13.3. The van der Waals surface area contributed by atoms with Crippen LogP contribution in [0.15, 0.2) is 23.4 Å². The van der Waals surface area contributed by atoms with Gasteiger partial charge in [-0.3, -0.25) is 0 Å². The van der Waals surface area contributed by atoms with Gasteiger partial charge >= 0.3 is 0 Å². The highest BCUT2D eigenvalue weighted by atomic mass is 35.5. The maximum absolute atomic E-state index is 5.89. The van der Waals surface area contributed by atoms with E-state index in [9.17, 15) is 0 Å². The van der Waals surface area contributed by atoms with Gasteiger partial charge in [-0.05, 0) is 44.4 Å². The molecule has 1 aromatic heterocycles. The lowest BCUT2D eigenvalue weighted by atomic mass is 9.83. The van der Waals surface area contributed by atoms with Crippen molar-refractivity contribution >= 4 is 23.4 Å². The van der Waals surface area contributed by atoms with E-state index >= 15 is 0 Å². The van der Waals surface area contributed by atoms with Crippen molar-refractivity contribution in [1.82, 2.24) is 10.3 Å². The van der Waals surface area contributed by atoms with E-state index in [-0.39, 0.29) is 0 Å². The minimum Gasteiger partial charge on any atom is -0.316 e. The Morgan fingerprint density at radius 1 is 1.42 bits per heavy atom. The quantitative estimate of drug-likeness (QED) is 0.873. The molecule has 1 aliphatic carbocycles. The summed E-state index contributed by atoms with van der Waals surface area (Å²) >= 11 is 7.79. The molecule has 3 atom stereocenters. The zero-order valence-electron chi connectivity index (χ0n) is 11.7. The highest BCUT2D eigenvalue weighted by Gasteiger charge is 2.30. The van der Waals surface area contributed by atoms with E-state index in [0.29, 0.717) is 16.3 Å². The third kappa shape index (κ3) is 4.37. The van der Waals surface area contributed by atoms with Gasteiger partial charge in [-0.2, -0.15) is 0 Å². The van der Waals surface area contributed by atoms with Crippen LogP contribution in [0.25, 0.3) is 0 Å². The van der Waals surface area contributed by atoms with Gasteiger partial charge in [-0.15, -0.1) is 11.8 Å². The Hall–Kier alpha value is -0.250. The van der Waals surface area contributed by atoms with E-state index in [1.807, 2.05) is 23.9 Å². The molecule has 19 heavy (non-hydrogen) atoms. The molecular formula is C15H23ClN2S. The molecule has 1 fully saturated rings. The zero-order chi connectivity index (χ0) is 13.7. The van der Waals surface area contributed by atoms with Gasteiger partial charge < -0.3 is 5.32 Å². The van der Waals surface area contributed by atoms with E-state index in [2.05, 4.69) is 24.3 Å². The summed E-state index contributed by atoms with van der Waals surface area (Å²) < 4.78 is 0. The van der Waals surface area contributed by atoms with Crippen LogP contribution in [0.1, 0.15) is 39.0 Å². The van der Waals surface area contributed by atoms with Crippen molar-refractivity contribution in [2.24, 2.45) is 5.92 Å². The second-order valence-corrected chi connectivity index (χ2v) is 7.03. The minimum atomic E-state index is 0.607. The maximum atomic E-state index is 5.89. The van der Waals surface area contributed by atoms with E-state index in [1.165, 1.54) is 32.1 Å². The molecule has 1 heterocycles. The first-order valence-corrected chi connectivity index (χ1v) is 8.44. The van der Waals surface area contributed by atoms with Crippen LogP contribution in [-0.4, -0.2) is 23.3 Å². The molecule has 0 amide bonds. The van der Waals surface area contributed by atoms with Gasteiger partial charge in [0, 0.05) is 17.5 Å². The van der Waals surface area contributed by atoms with Crippen LogP contribution < -0.4 is 5.32 Å². The number of hydrogen-bond donors (Lipinski definition) is 1. The standard InChI is InChI=1S/C15H23ClN2S/c1-3-4-11-5-7-13(17-2)14(9-11)19-15-8-6-12(16)10-18-15/h6,8,10-11,13-14,17H,3-5,7,9H2,1-2H3. The summed E-state index contributed by atoms with van der Waals surface area (Å²) in [4.78, 5) is 4.42. The molecule has 4 heteroatoms.